The third kappa shape index (κ3) is 4.19. The summed E-state index contributed by atoms with van der Waals surface area (Å²) in [5, 5.41) is 3.38. The molecule has 4 heteroatoms. The lowest BCUT2D eigenvalue weighted by Gasteiger charge is -2.39. The standard InChI is InChI=1S/C14H30N4/c1-13(14-10-15-11-14)12-18-8-6-17(7-9-18)5-4-16(2)3/h13-15H,4-12H2,1-3H3. The summed E-state index contributed by atoms with van der Waals surface area (Å²) in [7, 11) is 4.31. The van der Waals surface area contributed by atoms with E-state index in [2.05, 4.69) is 41.0 Å². The van der Waals surface area contributed by atoms with E-state index in [0.29, 0.717) is 0 Å². The van der Waals surface area contributed by atoms with Crippen LogP contribution in [0.15, 0.2) is 0 Å². The molecule has 2 aliphatic rings. The van der Waals surface area contributed by atoms with Crippen LogP contribution in [0.1, 0.15) is 6.92 Å². The molecule has 0 bridgehead atoms. The van der Waals surface area contributed by atoms with E-state index >= 15 is 0 Å². The summed E-state index contributed by atoms with van der Waals surface area (Å²) in [5.74, 6) is 1.79. The number of nitrogens with zero attached hydrogens (tertiary/aromatic N) is 3. The number of likely N-dealkylation sites (N-methyl/N-ethyl adjacent to an activating group) is 1. The molecule has 0 amide bonds. The molecule has 1 atom stereocenters. The predicted octanol–water partition coefficient (Wildman–Crippen LogP) is 0.0211. The lowest BCUT2D eigenvalue weighted by Crippen LogP contribution is -2.52. The molecule has 18 heavy (non-hydrogen) atoms. The summed E-state index contributed by atoms with van der Waals surface area (Å²) in [5.41, 5.74) is 0. The van der Waals surface area contributed by atoms with Gasteiger partial charge in [0.2, 0.25) is 0 Å². The van der Waals surface area contributed by atoms with Gasteiger partial charge in [-0.2, -0.15) is 0 Å². The molecule has 4 nitrogen and oxygen atoms in total. The summed E-state index contributed by atoms with van der Waals surface area (Å²) < 4.78 is 0. The lowest BCUT2D eigenvalue weighted by atomic mass is 9.88. The second-order valence-electron chi connectivity index (χ2n) is 6.34. The molecule has 2 heterocycles. The summed E-state index contributed by atoms with van der Waals surface area (Å²) in [6, 6.07) is 0. The van der Waals surface area contributed by atoms with E-state index in [-0.39, 0.29) is 0 Å². The minimum absolute atomic E-state index is 0.861. The third-order valence-corrected chi connectivity index (χ3v) is 4.49. The van der Waals surface area contributed by atoms with Gasteiger partial charge in [0.15, 0.2) is 0 Å². The summed E-state index contributed by atoms with van der Waals surface area (Å²) >= 11 is 0. The Kier molecular flexibility index (Phi) is 5.42. The van der Waals surface area contributed by atoms with E-state index in [9.17, 15) is 0 Å². The van der Waals surface area contributed by atoms with Crippen LogP contribution in [0.3, 0.4) is 0 Å². The Morgan fingerprint density at radius 2 is 1.72 bits per heavy atom. The molecule has 0 radical (unpaired) electrons. The van der Waals surface area contributed by atoms with Crippen molar-refractivity contribution in [2.45, 2.75) is 6.92 Å². The SMILES string of the molecule is CC(CN1CCN(CCN(C)C)CC1)C1CNC1. The lowest BCUT2D eigenvalue weighted by molar-refractivity contribution is 0.0958. The Labute approximate surface area is 112 Å². The fourth-order valence-electron chi connectivity index (χ4n) is 2.81. The Balaban J connectivity index is 1.60. The Morgan fingerprint density at radius 3 is 2.22 bits per heavy atom. The zero-order chi connectivity index (χ0) is 13.0. The molecule has 2 saturated heterocycles. The molecule has 0 aromatic rings. The molecule has 0 spiro atoms. The van der Waals surface area contributed by atoms with Crippen molar-refractivity contribution in [3.05, 3.63) is 0 Å². The fourth-order valence-corrected chi connectivity index (χ4v) is 2.81. The van der Waals surface area contributed by atoms with Gasteiger partial charge in [0, 0.05) is 45.8 Å². The second-order valence-corrected chi connectivity index (χ2v) is 6.34. The van der Waals surface area contributed by atoms with Crippen molar-refractivity contribution in [1.29, 1.82) is 0 Å². The average Bonchev–Trinajstić information content (AvgIpc) is 2.25. The number of rotatable bonds is 6. The van der Waals surface area contributed by atoms with Crippen LogP contribution in [0.25, 0.3) is 0 Å². The third-order valence-electron chi connectivity index (χ3n) is 4.49. The predicted molar refractivity (Wildman–Crippen MR) is 77.0 cm³/mol. The molecule has 1 N–H and O–H groups in total. The number of piperazine rings is 1. The van der Waals surface area contributed by atoms with Crippen molar-refractivity contribution in [1.82, 2.24) is 20.0 Å². The average molecular weight is 254 g/mol. The van der Waals surface area contributed by atoms with Crippen LogP contribution in [0.4, 0.5) is 0 Å². The molecular weight excluding hydrogens is 224 g/mol. The Bertz CT molecular complexity index is 232. The van der Waals surface area contributed by atoms with Crippen molar-refractivity contribution < 1.29 is 0 Å². The van der Waals surface area contributed by atoms with E-state index < -0.39 is 0 Å². The largest absolute Gasteiger partial charge is 0.316 e. The van der Waals surface area contributed by atoms with Crippen LogP contribution >= 0.6 is 0 Å². The van der Waals surface area contributed by atoms with Gasteiger partial charge in [-0.3, -0.25) is 4.90 Å². The van der Waals surface area contributed by atoms with Gasteiger partial charge >= 0.3 is 0 Å². The minimum Gasteiger partial charge on any atom is -0.316 e. The van der Waals surface area contributed by atoms with Gasteiger partial charge in [0.1, 0.15) is 0 Å². The summed E-state index contributed by atoms with van der Waals surface area (Å²) in [6.07, 6.45) is 0. The molecule has 0 aliphatic carbocycles. The monoisotopic (exact) mass is 254 g/mol. The Morgan fingerprint density at radius 1 is 1.11 bits per heavy atom. The Hall–Kier alpha value is -0.160. The van der Waals surface area contributed by atoms with Gasteiger partial charge in [-0.05, 0) is 39.0 Å². The number of hydrogen-bond acceptors (Lipinski definition) is 4. The van der Waals surface area contributed by atoms with Crippen LogP contribution in [0, 0.1) is 11.8 Å². The number of hydrogen-bond donors (Lipinski definition) is 1. The highest BCUT2D eigenvalue weighted by molar-refractivity contribution is 4.82. The van der Waals surface area contributed by atoms with Crippen molar-refractivity contribution in [2.24, 2.45) is 11.8 Å². The minimum atomic E-state index is 0.861. The van der Waals surface area contributed by atoms with Crippen LogP contribution in [-0.2, 0) is 0 Å². The molecule has 106 valence electrons. The summed E-state index contributed by atoms with van der Waals surface area (Å²) in [4.78, 5) is 7.54. The zero-order valence-electron chi connectivity index (χ0n) is 12.4. The van der Waals surface area contributed by atoms with Gasteiger partial charge in [-0.1, -0.05) is 6.92 Å². The first kappa shape index (κ1) is 14.3. The van der Waals surface area contributed by atoms with Crippen molar-refractivity contribution in [2.75, 3.05) is 73.0 Å². The molecule has 1 unspecified atom stereocenters. The van der Waals surface area contributed by atoms with Crippen molar-refractivity contribution >= 4 is 0 Å². The quantitative estimate of drug-likeness (QED) is 0.721. The van der Waals surface area contributed by atoms with Crippen LogP contribution in [0.5, 0.6) is 0 Å². The normalized spacial score (nSPS) is 25.3. The maximum absolute atomic E-state index is 3.38. The van der Waals surface area contributed by atoms with E-state index in [1.807, 2.05) is 0 Å². The highest BCUT2D eigenvalue weighted by atomic mass is 15.3. The van der Waals surface area contributed by atoms with Gasteiger partial charge < -0.3 is 15.1 Å². The topological polar surface area (TPSA) is 21.8 Å². The van der Waals surface area contributed by atoms with Crippen molar-refractivity contribution in [3.8, 4) is 0 Å². The molecule has 0 aromatic carbocycles. The maximum Gasteiger partial charge on any atom is 0.0110 e. The first-order valence-electron chi connectivity index (χ1n) is 7.45. The molecule has 2 fully saturated rings. The van der Waals surface area contributed by atoms with Crippen LogP contribution in [0.2, 0.25) is 0 Å². The maximum atomic E-state index is 3.38. The van der Waals surface area contributed by atoms with E-state index in [4.69, 9.17) is 0 Å². The first-order chi connectivity index (χ1) is 8.65. The van der Waals surface area contributed by atoms with E-state index in [0.717, 1.165) is 11.8 Å². The van der Waals surface area contributed by atoms with Crippen LogP contribution in [-0.4, -0.2) is 87.7 Å². The molecule has 2 aliphatic heterocycles. The first-order valence-corrected chi connectivity index (χ1v) is 7.45. The molecular formula is C14H30N4. The zero-order valence-corrected chi connectivity index (χ0v) is 12.4. The highest BCUT2D eigenvalue weighted by Crippen LogP contribution is 2.17. The molecule has 0 aromatic heterocycles. The highest BCUT2D eigenvalue weighted by Gasteiger charge is 2.26. The number of nitrogens with one attached hydrogen (secondary N) is 1. The van der Waals surface area contributed by atoms with Gasteiger partial charge in [-0.25, -0.2) is 0 Å². The smallest absolute Gasteiger partial charge is 0.0110 e. The summed E-state index contributed by atoms with van der Waals surface area (Å²) in [6.45, 7) is 13.6. The van der Waals surface area contributed by atoms with E-state index in [1.54, 1.807) is 0 Å². The van der Waals surface area contributed by atoms with Gasteiger partial charge in [-0.15, -0.1) is 0 Å². The second kappa shape index (κ2) is 6.85. The van der Waals surface area contributed by atoms with Gasteiger partial charge in [0.05, 0.1) is 0 Å². The van der Waals surface area contributed by atoms with E-state index in [1.165, 1.54) is 58.9 Å². The van der Waals surface area contributed by atoms with Crippen molar-refractivity contribution in [3.63, 3.8) is 0 Å². The molecule has 0 saturated carbocycles. The van der Waals surface area contributed by atoms with Gasteiger partial charge in [0.25, 0.3) is 0 Å². The fraction of sp³-hybridized carbons (Fsp3) is 1.00. The molecule has 2 rings (SSSR count). The van der Waals surface area contributed by atoms with Crippen LogP contribution < -0.4 is 5.32 Å².